The second-order valence-electron chi connectivity index (χ2n) is 4.78. The van der Waals surface area contributed by atoms with Crippen LogP contribution in [0.3, 0.4) is 0 Å². The van der Waals surface area contributed by atoms with Crippen molar-refractivity contribution in [3.63, 3.8) is 0 Å². The van der Waals surface area contributed by atoms with Gasteiger partial charge < -0.3 is 0 Å². The zero-order chi connectivity index (χ0) is 12.6. The summed E-state index contributed by atoms with van der Waals surface area (Å²) in [5.41, 5.74) is 0. The molecule has 99 valence electrons. The van der Waals surface area contributed by atoms with Crippen LogP contribution in [0.1, 0.15) is 77.6 Å². The molecule has 1 radical (unpaired) electrons. The van der Waals surface area contributed by atoms with E-state index in [9.17, 15) is 0 Å². The van der Waals surface area contributed by atoms with Crippen LogP contribution in [0, 0.1) is 6.92 Å². The Morgan fingerprint density at radius 2 is 1.12 bits per heavy atom. The second-order valence-corrected chi connectivity index (χ2v) is 4.78. The summed E-state index contributed by atoms with van der Waals surface area (Å²) < 4.78 is 0. The highest BCUT2D eigenvalue weighted by atomic mass is 13.9. The molecule has 0 bridgehead atoms. The first kappa shape index (κ1) is 16.5. The van der Waals surface area contributed by atoms with Gasteiger partial charge >= 0.3 is 0 Å². The molecule has 0 spiro atoms. The summed E-state index contributed by atoms with van der Waals surface area (Å²) in [6.07, 6.45) is 23.5. The predicted molar refractivity (Wildman–Crippen MR) is 80.1 cm³/mol. The van der Waals surface area contributed by atoms with Gasteiger partial charge in [0.1, 0.15) is 0 Å². The standard InChI is InChI=1S/C17H31/c1-3-5-7-9-11-13-15-17-16-14-12-10-8-6-4-2/h3,5,12,14H,1,4,6-11,13,15-17H2,2H3/b5-3+,14-12+. The fourth-order valence-corrected chi connectivity index (χ4v) is 1.92. The molecule has 0 aliphatic heterocycles. The molecule has 0 aromatic heterocycles. The third-order valence-electron chi connectivity index (χ3n) is 3.05. The molecule has 0 saturated heterocycles. The van der Waals surface area contributed by atoms with E-state index in [1.165, 1.54) is 70.6 Å². The minimum absolute atomic E-state index is 1.21. The van der Waals surface area contributed by atoms with Gasteiger partial charge in [0.2, 0.25) is 0 Å². The van der Waals surface area contributed by atoms with Crippen molar-refractivity contribution >= 4 is 0 Å². The summed E-state index contributed by atoms with van der Waals surface area (Å²) in [5.74, 6) is 0. The van der Waals surface area contributed by atoms with Crippen LogP contribution in [-0.4, -0.2) is 0 Å². The topological polar surface area (TPSA) is 0 Å². The van der Waals surface area contributed by atoms with Crippen molar-refractivity contribution < 1.29 is 0 Å². The zero-order valence-electron chi connectivity index (χ0n) is 11.8. The maximum Gasteiger partial charge on any atom is -0.0316 e. The van der Waals surface area contributed by atoms with Crippen molar-refractivity contribution in [2.24, 2.45) is 0 Å². The zero-order valence-corrected chi connectivity index (χ0v) is 11.8. The third kappa shape index (κ3) is 15.5. The van der Waals surface area contributed by atoms with Crippen LogP contribution < -0.4 is 0 Å². The van der Waals surface area contributed by atoms with Crippen LogP contribution in [-0.2, 0) is 0 Å². The Morgan fingerprint density at radius 1 is 0.647 bits per heavy atom. The van der Waals surface area contributed by atoms with Gasteiger partial charge in [-0.05, 0) is 45.4 Å². The molecule has 0 unspecified atom stereocenters. The lowest BCUT2D eigenvalue weighted by molar-refractivity contribution is 0.621. The highest BCUT2D eigenvalue weighted by Crippen LogP contribution is 2.08. The van der Waals surface area contributed by atoms with Gasteiger partial charge in [0.05, 0.1) is 0 Å². The third-order valence-corrected chi connectivity index (χ3v) is 3.05. The van der Waals surface area contributed by atoms with E-state index in [2.05, 4.69) is 32.1 Å². The van der Waals surface area contributed by atoms with Crippen molar-refractivity contribution in [3.05, 3.63) is 31.2 Å². The molecular weight excluding hydrogens is 204 g/mol. The van der Waals surface area contributed by atoms with E-state index >= 15 is 0 Å². The molecule has 0 atom stereocenters. The van der Waals surface area contributed by atoms with Crippen LogP contribution in [0.5, 0.6) is 0 Å². The van der Waals surface area contributed by atoms with Gasteiger partial charge in [-0.1, -0.05) is 63.3 Å². The fourth-order valence-electron chi connectivity index (χ4n) is 1.92. The lowest BCUT2D eigenvalue weighted by Crippen LogP contribution is -1.78. The van der Waals surface area contributed by atoms with Crippen molar-refractivity contribution in [2.45, 2.75) is 77.6 Å². The fraction of sp³-hybridized carbons (Fsp3) is 0.706. The van der Waals surface area contributed by atoms with E-state index in [4.69, 9.17) is 0 Å². The van der Waals surface area contributed by atoms with Crippen LogP contribution in [0.4, 0.5) is 0 Å². The summed E-state index contributed by atoms with van der Waals surface area (Å²) in [6.45, 7) is 5.95. The number of hydrogen-bond acceptors (Lipinski definition) is 0. The highest BCUT2D eigenvalue weighted by Gasteiger charge is 1.88. The number of allylic oxidation sites excluding steroid dienone is 4. The quantitative estimate of drug-likeness (QED) is 0.277. The smallest absolute Gasteiger partial charge is 0.0316 e. The van der Waals surface area contributed by atoms with Gasteiger partial charge in [0, 0.05) is 0 Å². The molecule has 0 aromatic rings. The number of rotatable bonds is 12. The van der Waals surface area contributed by atoms with Gasteiger partial charge in [-0.15, -0.1) is 0 Å². The van der Waals surface area contributed by atoms with Crippen LogP contribution in [0.25, 0.3) is 0 Å². The molecule has 0 nitrogen and oxygen atoms in total. The van der Waals surface area contributed by atoms with Crippen molar-refractivity contribution in [1.29, 1.82) is 0 Å². The molecule has 0 rings (SSSR count). The maximum absolute atomic E-state index is 3.69. The first-order valence-electron chi connectivity index (χ1n) is 7.51. The van der Waals surface area contributed by atoms with Gasteiger partial charge in [-0.3, -0.25) is 0 Å². The molecule has 0 saturated carbocycles. The second kappa shape index (κ2) is 15.5. The monoisotopic (exact) mass is 235 g/mol. The van der Waals surface area contributed by atoms with Crippen molar-refractivity contribution in [3.8, 4) is 0 Å². The molecule has 0 aliphatic rings. The molecule has 17 heavy (non-hydrogen) atoms. The Labute approximate surface area is 109 Å². The van der Waals surface area contributed by atoms with Gasteiger partial charge in [0.15, 0.2) is 0 Å². The van der Waals surface area contributed by atoms with Gasteiger partial charge in [-0.2, -0.15) is 0 Å². The molecule has 0 amide bonds. The molecule has 0 aromatic carbocycles. The number of unbranched alkanes of at least 4 members (excludes halogenated alkanes) is 9. The lowest BCUT2D eigenvalue weighted by Gasteiger charge is -1.98. The minimum Gasteiger partial charge on any atom is -0.0885 e. The first-order valence-corrected chi connectivity index (χ1v) is 7.51. The van der Waals surface area contributed by atoms with E-state index in [0.29, 0.717) is 0 Å². The van der Waals surface area contributed by atoms with Crippen molar-refractivity contribution in [2.75, 3.05) is 0 Å². The molecule has 0 N–H and O–H groups in total. The molecule has 0 heterocycles. The summed E-state index contributed by atoms with van der Waals surface area (Å²) >= 11 is 0. The summed E-state index contributed by atoms with van der Waals surface area (Å²) in [4.78, 5) is 0. The summed E-state index contributed by atoms with van der Waals surface area (Å²) in [5, 5.41) is 0. The summed E-state index contributed by atoms with van der Waals surface area (Å²) in [7, 11) is 0. The first-order chi connectivity index (χ1) is 8.41. The molecule has 0 fully saturated rings. The van der Waals surface area contributed by atoms with E-state index in [-0.39, 0.29) is 0 Å². The van der Waals surface area contributed by atoms with Gasteiger partial charge in [-0.25, -0.2) is 0 Å². The van der Waals surface area contributed by atoms with Crippen LogP contribution >= 0.6 is 0 Å². The predicted octanol–water partition coefficient (Wildman–Crippen LogP) is 6.24. The van der Waals surface area contributed by atoms with Gasteiger partial charge in [0.25, 0.3) is 0 Å². The Hall–Kier alpha value is -0.520. The van der Waals surface area contributed by atoms with Crippen LogP contribution in [0.2, 0.25) is 0 Å². The normalized spacial score (nSPS) is 11.9. The largest absolute Gasteiger partial charge is 0.0885 e. The van der Waals surface area contributed by atoms with E-state index < -0.39 is 0 Å². The SMILES string of the molecule is [CH2]/C=C/CCCCCCC/C=C/CCCCC. The molecular formula is C17H31. The average Bonchev–Trinajstić information content (AvgIpc) is 2.35. The average molecular weight is 235 g/mol. The van der Waals surface area contributed by atoms with E-state index in [0.717, 1.165) is 0 Å². The van der Waals surface area contributed by atoms with E-state index in [1.54, 1.807) is 0 Å². The maximum atomic E-state index is 3.69. The van der Waals surface area contributed by atoms with Crippen LogP contribution in [0.15, 0.2) is 24.3 Å². The minimum atomic E-state index is 1.21. The molecule has 0 aliphatic carbocycles. The van der Waals surface area contributed by atoms with E-state index in [1.807, 2.05) is 6.08 Å². The van der Waals surface area contributed by atoms with Crippen molar-refractivity contribution in [1.82, 2.24) is 0 Å². The Balaban J connectivity index is 3.02. The molecule has 0 heteroatoms. The summed E-state index contributed by atoms with van der Waals surface area (Å²) in [6, 6.07) is 0. The Morgan fingerprint density at radius 3 is 1.65 bits per heavy atom. The number of hydrogen-bond donors (Lipinski definition) is 0. The lowest BCUT2D eigenvalue weighted by atomic mass is 10.1. The Kier molecular flexibility index (Phi) is 15.0. The highest BCUT2D eigenvalue weighted by molar-refractivity contribution is 4.83. The Bertz CT molecular complexity index is 176.